The molecule has 0 bridgehead atoms. The van der Waals surface area contributed by atoms with Gasteiger partial charge in [0.05, 0.1) is 5.56 Å². The van der Waals surface area contributed by atoms with Crippen LogP contribution in [0.3, 0.4) is 0 Å². The average Bonchev–Trinajstić information content (AvgIpc) is 2.63. The molecule has 0 spiro atoms. The first-order valence-electron chi connectivity index (χ1n) is 9.77. The molecular formula is C22H28N2O2. The normalized spacial score (nSPS) is 14.5. The molecule has 1 atom stereocenters. The van der Waals surface area contributed by atoms with Gasteiger partial charge in [0.1, 0.15) is 0 Å². The summed E-state index contributed by atoms with van der Waals surface area (Å²) in [4.78, 5) is 24.5. The Morgan fingerprint density at radius 1 is 0.962 bits per heavy atom. The van der Waals surface area contributed by atoms with Crippen LogP contribution < -0.4 is 11.1 Å². The van der Waals surface area contributed by atoms with E-state index in [0.29, 0.717) is 11.1 Å². The van der Waals surface area contributed by atoms with Crippen LogP contribution in [0.2, 0.25) is 0 Å². The lowest BCUT2D eigenvalue weighted by Gasteiger charge is -2.20. The molecule has 2 aromatic carbocycles. The number of benzene rings is 2. The summed E-state index contributed by atoms with van der Waals surface area (Å²) in [6.07, 6.45) is 8.78. The van der Waals surface area contributed by atoms with Gasteiger partial charge in [-0.15, -0.1) is 0 Å². The highest BCUT2D eigenvalue weighted by molar-refractivity contribution is 6.26. The van der Waals surface area contributed by atoms with Crippen LogP contribution in [0.25, 0.3) is 10.8 Å². The fourth-order valence-electron chi connectivity index (χ4n) is 3.84. The Morgan fingerprint density at radius 3 is 2.58 bits per heavy atom. The van der Waals surface area contributed by atoms with Crippen molar-refractivity contribution < 1.29 is 9.59 Å². The Morgan fingerprint density at radius 2 is 1.77 bits per heavy atom. The fourth-order valence-corrected chi connectivity index (χ4v) is 3.84. The van der Waals surface area contributed by atoms with Crippen LogP contribution in [-0.2, 0) is 6.42 Å². The summed E-state index contributed by atoms with van der Waals surface area (Å²) in [5.74, 6) is -0.586. The van der Waals surface area contributed by atoms with Gasteiger partial charge in [-0.1, -0.05) is 56.9 Å². The number of carbonyl (C=O) groups excluding carboxylic acids is 2. The van der Waals surface area contributed by atoms with E-state index in [9.17, 15) is 9.59 Å². The molecule has 0 fully saturated rings. The lowest BCUT2D eigenvalue weighted by atomic mass is 9.89. The minimum absolute atomic E-state index is 0.231. The molecule has 26 heavy (non-hydrogen) atoms. The molecule has 138 valence electrons. The Balaban J connectivity index is 1.69. The fraction of sp³-hybridized carbons (Fsp3) is 0.455. The zero-order chi connectivity index (χ0) is 18.5. The van der Waals surface area contributed by atoms with E-state index in [1.165, 1.54) is 25.7 Å². The molecule has 4 nitrogen and oxygen atoms in total. The maximum Gasteiger partial charge on any atom is 0.259 e. The molecule has 4 heteroatoms. The number of rotatable bonds is 9. The monoisotopic (exact) mass is 352 g/mol. The van der Waals surface area contributed by atoms with Crippen molar-refractivity contribution in [3.05, 3.63) is 47.0 Å². The van der Waals surface area contributed by atoms with Gasteiger partial charge in [-0.3, -0.25) is 14.9 Å². The maximum atomic E-state index is 12.4. The van der Waals surface area contributed by atoms with Crippen molar-refractivity contribution in [3.63, 3.8) is 0 Å². The van der Waals surface area contributed by atoms with Gasteiger partial charge in [-0.05, 0) is 42.7 Å². The molecule has 1 aliphatic rings. The second kappa shape index (κ2) is 8.45. The SMILES string of the molecule is CCCCCCC(N)CCCc1ccc2cccc3c2c1C(=O)NC3=O. The van der Waals surface area contributed by atoms with E-state index < -0.39 is 0 Å². The van der Waals surface area contributed by atoms with Crippen molar-refractivity contribution in [2.45, 2.75) is 64.3 Å². The smallest absolute Gasteiger partial charge is 0.259 e. The number of hydrogen-bond donors (Lipinski definition) is 2. The van der Waals surface area contributed by atoms with Crippen molar-refractivity contribution >= 4 is 22.6 Å². The van der Waals surface area contributed by atoms with Crippen molar-refractivity contribution in [3.8, 4) is 0 Å². The first kappa shape index (κ1) is 18.6. The standard InChI is InChI=1S/C22H28N2O2/c1-2-3-4-5-10-17(23)11-6-8-16-14-13-15-9-7-12-18-19(15)20(16)22(26)24-21(18)25/h7,9,12-14,17H,2-6,8,10-11,23H2,1H3,(H,24,25,26). The predicted molar refractivity (Wildman–Crippen MR) is 105 cm³/mol. The second-order valence-corrected chi connectivity index (χ2v) is 7.29. The molecule has 3 rings (SSSR count). The van der Waals surface area contributed by atoms with Gasteiger partial charge in [0, 0.05) is 17.0 Å². The van der Waals surface area contributed by atoms with Gasteiger partial charge < -0.3 is 5.73 Å². The Bertz CT molecular complexity index is 813. The number of hydrogen-bond acceptors (Lipinski definition) is 3. The summed E-state index contributed by atoms with van der Waals surface area (Å²) in [7, 11) is 0. The van der Waals surface area contributed by atoms with E-state index in [1.54, 1.807) is 6.07 Å². The van der Waals surface area contributed by atoms with Crippen LogP contribution >= 0.6 is 0 Å². The lowest BCUT2D eigenvalue weighted by Crippen LogP contribution is -2.35. The zero-order valence-electron chi connectivity index (χ0n) is 15.5. The Hall–Kier alpha value is -2.20. The Labute approximate surface area is 155 Å². The van der Waals surface area contributed by atoms with Crippen molar-refractivity contribution in [1.29, 1.82) is 0 Å². The molecule has 1 unspecified atom stereocenters. The number of carbonyl (C=O) groups is 2. The van der Waals surface area contributed by atoms with E-state index in [1.807, 2.05) is 24.3 Å². The van der Waals surface area contributed by atoms with Crippen molar-refractivity contribution in [2.75, 3.05) is 0 Å². The van der Waals surface area contributed by atoms with Crippen LogP contribution in [-0.4, -0.2) is 17.9 Å². The highest BCUT2D eigenvalue weighted by atomic mass is 16.2. The molecule has 1 aliphatic heterocycles. The minimum Gasteiger partial charge on any atom is -0.328 e. The van der Waals surface area contributed by atoms with E-state index in [4.69, 9.17) is 5.73 Å². The van der Waals surface area contributed by atoms with Gasteiger partial charge >= 0.3 is 0 Å². The molecular weight excluding hydrogens is 324 g/mol. The van der Waals surface area contributed by atoms with Gasteiger partial charge in [0.25, 0.3) is 11.8 Å². The lowest BCUT2D eigenvalue weighted by molar-refractivity contribution is 0.0844. The second-order valence-electron chi connectivity index (χ2n) is 7.29. The third-order valence-electron chi connectivity index (χ3n) is 5.28. The highest BCUT2D eigenvalue weighted by Gasteiger charge is 2.26. The number of aryl methyl sites for hydroxylation is 1. The third kappa shape index (κ3) is 3.96. The van der Waals surface area contributed by atoms with Crippen LogP contribution in [0.1, 0.15) is 78.1 Å². The number of imide groups is 1. The molecule has 2 amide bonds. The largest absolute Gasteiger partial charge is 0.328 e. The van der Waals surface area contributed by atoms with E-state index in [2.05, 4.69) is 12.2 Å². The first-order valence-corrected chi connectivity index (χ1v) is 9.77. The summed E-state index contributed by atoms with van der Waals surface area (Å²) >= 11 is 0. The molecule has 0 aromatic heterocycles. The quantitative estimate of drug-likeness (QED) is 0.521. The number of amides is 2. The van der Waals surface area contributed by atoms with Gasteiger partial charge in [0.2, 0.25) is 0 Å². The van der Waals surface area contributed by atoms with E-state index in [0.717, 1.165) is 42.0 Å². The Kier molecular flexibility index (Phi) is 6.04. The minimum atomic E-state index is -0.306. The summed E-state index contributed by atoms with van der Waals surface area (Å²) in [6.45, 7) is 2.21. The molecule has 3 N–H and O–H groups in total. The van der Waals surface area contributed by atoms with Crippen LogP contribution in [0.15, 0.2) is 30.3 Å². The molecule has 0 saturated heterocycles. The van der Waals surface area contributed by atoms with Crippen molar-refractivity contribution in [1.82, 2.24) is 5.32 Å². The zero-order valence-corrected chi connectivity index (χ0v) is 15.5. The topological polar surface area (TPSA) is 72.2 Å². The summed E-state index contributed by atoms with van der Waals surface area (Å²) < 4.78 is 0. The van der Waals surface area contributed by atoms with E-state index >= 15 is 0 Å². The number of nitrogens with two attached hydrogens (primary N) is 1. The summed E-state index contributed by atoms with van der Waals surface area (Å²) in [6, 6.07) is 9.84. The molecule has 0 radical (unpaired) electrons. The van der Waals surface area contributed by atoms with Crippen LogP contribution in [0.5, 0.6) is 0 Å². The predicted octanol–water partition coefficient (Wildman–Crippen LogP) is 4.34. The third-order valence-corrected chi connectivity index (χ3v) is 5.28. The molecule has 0 saturated carbocycles. The first-order chi connectivity index (χ1) is 12.6. The van der Waals surface area contributed by atoms with Gasteiger partial charge in [-0.25, -0.2) is 0 Å². The summed E-state index contributed by atoms with van der Waals surface area (Å²) in [5, 5.41) is 4.21. The van der Waals surface area contributed by atoms with Crippen molar-refractivity contribution in [2.24, 2.45) is 5.73 Å². The van der Waals surface area contributed by atoms with Crippen LogP contribution in [0, 0.1) is 0 Å². The number of nitrogens with one attached hydrogen (secondary N) is 1. The summed E-state index contributed by atoms with van der Waals surface area (Å²) in [5.41, 5.74) is 8.50. The maximum absolute atomic E-state index is 12.4. The van der Waals surface area contributed by atoms with Gasteiger partial charge in [-0.2, -0.15) is 0 Å². The van der Waals surface area contributed by atoms with Crippen LogP contribution in [0.4, 0.5) is 0 Å². The molecule has 2 aromatic rings. The molecule has 1 heterocycles. The number of unbranched alkanes of at least 4 members (excludes halogenated alkanes) is 3. The highest BCUT2D eigenvalue weighted by Crippen LogP contribution is 2.30. The molecule has 0 aliphatic carbocycles. The average molecular weight is 352 g/mol. The van der Waals surface area contributed by atoms with Gasteiger partial charge in [0.15, 0.2) is 0 Å². The van der Waals surface area contributed by atoms with E-state index in [-0.39, 0.29) is 17.9 Å².